The van der Waals surface area contributed by atoms with Crippen LogP contribution in [0.25, 0.3) is 0 Å². The Kier molecular flexibility index (Phi) is 4.04. The molecule has 0 spiro atoms. The van der Waals surface area contributed by atoms with Crippen LogP contribution >= 0.6 is 15.9 Å². The zero-order valence-electron chi connectivity index (χ0n) is 11.2. The van der Waals surface area contributed by atoms with Crippen molar-refractivity contribution in [3.8, 4) is 0 Å². The Balaban J connectivity index is 2.26. The second-order valence-electron chi connectivity index (χ2n) is 5.42. The number of nitrogens with zero attached hydrogens (tertiary/aromatic N) is 1. The molecule has 6 heteroatoms. The molecule has 20 heavy (non-hydrogen) atoms. The Morgan fingerprint density at radius 1 is 1.45 bits per heavy atom. The lowest BCUT2D eigenvalue weighted by Crippen LogP contribution is -2.46. The number of hydrogen-bond donors (Lipinski definition) is 2. The Bertz CT molecular complexity index is 561. The maximum absolute atomic E-state index is 11.4. The number of anilines is 1. The zero-order valence-corrected chi connectivity index (χ0v) is 12.8. The first-order valence-electron chi connectivity index (χ1n) is 6.41. The van der Waals surface area contributed by atoms with Gasteiger partial charge < -0.3 is 15.7 Å². The van der Waals surface area contributed by atoms with Crippen molar-refractivity contribution in [1.82, 2.24) is 0 Å². The third-order valence-corrected chi connectivity index (χ3v) is 4.45. The number of hydrogen-bond acceptors (Lipinski definition) is 3. The molecule has 0 aliphatic carbocycles. The Labute approximate surface area is 125 Å². The molecule has 1 aromatic rings. The number of piperidine rings is 1. The molecule has 1 saturated heterocycles. The van der Waals surface area contributed by atoms with Gasteiger partial charge in [0, 0.05) is 23.2 Å². The summed E-state index contributed by atoms with van der Waals surface area (Å²) in [6.07, 6.45) is 1.51. The SMILES string of the molecule is CC1(C(=O)O)CCCN(c2ccc(C(N)=O)c(Br)c2)C1. The maximum Gasteiger partial charge on any atom is 0.311 e. The van der Waals surface area contributed by atoms with Gasteiger partial charge in [0.25, 0.3) is 0 Å². The zero-order chi connectivity index (χ0) is 14.9. The van der Waals surface area contributed by atoms with Crippen molar-refractivity contribution in [2.45, 2.75) is 19.8 Å². The molecule has 3 N–H and O–H groups in total. The van der Waals surface area contributed by atoms with E-state index in [9.17, 15) is 14.7 Å². The Morgan fingerprint density at radius 2 is 2.15 bits per heavy atom. The van der Waals surface area contributed by atoms with E-state index in [4.69, 9.17) is 5.73 Å². The van der Waals surface area contributed by atoms with E-state index >= 15 is 0 Å². The molecule has 108 valence electrons. The molecule has 1 atom stereocenters. The van der Waals surface area contributed by atoms with Crippen LogP contribution in [0.5, 0.6) is 0 Å². The second-order valence-corrected chi connectivity index (χ2v) is 6.27. The molecular formula is C14H17BrN2O3. The third kappa shape index (κ3) is 2.80. The van der Waals surface area contributed by atoms with Crippen molar-refractivity contribution in [3.05, 3.63) is 28.2 Å². The van der Waals surface area contributed by atoms with E-state index in [0.717, 1.165) is 18.7 Å². The molecule has 1 aliphatic heterocycles. The summed E-state index contributed by atoms with van der Waals surface area (Å²) in [6, 6.07) is 5.28. The molecule has 0 aromatic heterocycles. The van der Waals surface area contributed by atoms with Gasteiger partial charge >= 0.3 is 5.97 Å². The van der Waals surface area contributed by atoms with Crippen LogP contribution in [0.3, 0.4) is 0 Å². The van der Waals surface area contributed by atoms with Crippen molar-refractivity contribution in [3.63, 3.8) is 0 Å². The van der Waals surface area contributed by atoms with Gasteiger partial charge in [0.2, 0.25) is 5.91 Å². The van der Waals surface area contributed by atoms with Crippen LogP contribution in [0.2, 0.25) is 0 Å². The van der Waals surface area contributed by atoms with Gasteiger partial charge in [-0.2, -0.15) is 0 Å². The van der Waals surface area contributed by atoms with E-state index in [1.807, 2.05) is 11.0 Å². The van der Waals surface area contributed by atoms with Crippen LogP contribution in [0, 0.1) is 5.41 Å². The number of rotatable bonds is 3. The lowest BCUT2D eigenvalue weighted by Gasteiger charge is -2.39. The van der Waals surface area contributed by atoms with E-state index in [1.54, 1.807) is 19.1 Å². The predicted molar refractivity (Wildman–Crippen MR) is 79.8 cm³/mol. The van der Waals surface area contributed by atoms with Crippen molar-refractivity contribution < 1.29 is 14.7 Å². The van der Waals surface area contributed by atoms with E-state index < -0.39 is 17.3 Å². The highest BCUT2D eigenvalue weighted by Gasteiger charge is 2.38. The van der Waals surface area contributed by atoms with Gasteiger partial charge in [0.1, 0.15) is 0 Å². The second kappa shape index (κ2) is 5.44. The third-order valence-electron chi connectivity index (χ3n) is 3.80. The van der Waals surface area contributed by atoms with E-state index in [2.05, 4.69) is 15.9 Å². The normalized spacial score (nSPS) is 22.6. The van der Waals surface area contributed by atoms with Crippen molar-refractivity contribution in [2.24, 2.45) is 11.1 Å². The smallest absolute Gasteiger partial charge is 0.311 e. The predicted octanol–water partition coefficient (Wildman–Crippen LogP) is 2.24. The van der Waals surface area contributed by atoms with Gasteiger partial charge in [-0.15, -0.1) is 0 Å². The number of amides is 1. The molecule has 0 radical (unpaired) electrons. The molecule has 1 amide bonds. The summed E-state index contributed by atoms with van der Waals surface area (Å²) in [7, 11) is 0. The van der Waals surface area contributed by atoms with Crippen LogP contribution in [0.4, 0.5) is 5.69 Å². The minimum Gasteiger partial charge on any atom is -0.481 e. The quantitative estimate of drug-likeness (QED) is 0.883. The molecule has 0 bridgehead atoms. The molecule has 5 nitrogen and oxygen atoms in total. The summed E-state index contributed by atoms with van der Waals surface area (Å²) in [5.74, 6) is -1.26. The molecule has 1 fully saturated rings. The molecule has 1 heterocycles. The first-order chi connectivity index (χ1) is 9.33. The lowest BCUT2D eigenvalue weighted by molar-refractivity contribution is -0.148. The fraction of sp³-hybridized carbons (Fsp3) is 0.429. The lowest BCUT2D eigenvalue weighted by atomic mass is 9.82. The first-order valence-corrected chi connectivity index (χ1v) is 7.20. The van der Waals surface area contributed by atoms with Gasteiger partial charge in [-0.25, -0.2) is 0 Å². The molecular weight excluding hydrogens is 324 g/mol. The monoisotopic (exact) mass is 340 g/mol. The summed E-state index contributed by atoms with van der Waals surface area (Å²) in [6.45, 7) is 3.05. The van der Waals surface area contributed by atoms with E-state index in [0.29, 0.717) is 23.0 Å². The number of carbonyl (C=O) groups excluding carboxylic acids is 1. The van der Waals surface area contributed by atoms with Gasteiger partial charge in [-0.3, -0.25) is 9.59 Å². The fourth-order valence-electron chi connectivity index (χ4n) is 2.53. The minimum absolute atomic E-state index is 0.423. The van der Waals surface area contributed by atoms with E-state index in [1.165, 1.54) is 0 Å². The van der Waals surface area contributed by atoms with Gasteiger partial charge in [-0.05, 0) is 53.9 Å². The fourth-order valence-corrected chi connectivity index (χ4v) is 3.10. The van der Waals surface area contributed by atoms with Gasteiger partial charge in [0.15, 0.2) is 0 Å². The van der Waals surface area contributed by atoms with Crippen molar-refractivity contribution >= 4 is 33.5 Å². The van der Waals surface area contributed by atoms with Crippen LogP contribution in [-0.4, -0.2) is 30.1 Å². The van der Waals surface area contributed by atoms with Gasteiger partial charge in [0.05, 0.1) is 11.0 Å². The Hall–Kier alpha value is -1.56. The van der Waals surface area contributed by atoms with Crippen LogP contribution in [0.1, 0.15) is 30.1 Å². The summed E-state index contributed by atoms with van der Waals surface area (Å²) in [5.41, 5.74) is 5.86. The van der Waals surface area contributed by atoms with Crippen LogP contribution in [0.15, 0.2) is 22.7 Å². The maximum atomic E-state index is 11.4. The number of primary amides is 1. The summed E-state index contributed by atoms with van der Waals surface area (Å²) >= 11 is 3.33. The average Bonchev–Trinajstić information content (AvgIpc) is 2.38. The number of halogens is 1. The summed E-state index contributed by atoms with van der Waals surface area (Å²) < 4.78 is 0.630. The highest BCUT2D eigenvalue weighted by Crippen LogP contribution is 2.33. The topological polar surface area (TPSA) is 83.6 Å². The molecule has 2 rings (SSSR count). The Morgan fingerprint density at radius 3 is 2.70 bits per heavy atom. The number of carboxylic acids is 1. The number of nitrogens with two attached hydrogens (primary N) is 1. The summed E-state index contributed by atoms with van der Waals surface area (Å²) in [4.78, 5) is 24.6. The highest BCUT2D eigenvalue weighted by molar-refractivity contribution is 9.10. The highest BCUT2D eigenvalue weighted by atomic mass is 79.9. The van der Waals surface area contributed by atoms with Crippen molar-refractivity contribution in [1.29, 1.82) is 0 Å². The molecule has 0 saturated carbocycles. The molecule has 1 aromatic carbocycles. The number of aliphatic carboxylic acids is 1. The van der Waals surface area contributed by atoms with Crippen LogP contribution < -0.4 is 10.6 Å². The van der Waals surface area contributed by atoms with Crippen molar-refractivity contribution in [2.75, 3.05) is 18.0 Å². The number of benzene rings is 1. The largest absolute Gasteiger partial charge is 0.481 e. The minimum atomic E-state index is -0.768. The van der Waals surface area contributed by atoms with Gasteiger partial charge in [-0.1, -0.05) is 0 Å². The summed E-state index contributed by atoms with van der Waals surface area (Å²) in [5, 5.41) is 9.34. The molecule has 1 aliphatic rings. The molecule has 1 unspecified atom stereocenters. The number of carboxylic acid groups (broad SMARTS) is 1. The standard InChI is InChI=1S/C14H17BrN2O3/c1-14(13(19)20)5-2-6-17(8-14)9-3-4-10(12(16)18)11(15)7-9/h3-4,7H,2,5-6,8H2,1H3,(H2,16,18)(H,19,20). The van der Waals surface area contributed by atoms with Crippen LogP contribution in [-0.2, 0) is 4.79 Å². The first kappa shape index (κ1) is 14.8. The van der Waals surface area contributed by atoms with E-state index in [-0.39, 0.29) is 0 Å². The average molecular weight is 341 g/mol. The number of carbonyl (C=O) groups is 2.